The van der Waals surface area contributed by atoms with Crippen molar-refractivity contribution in [2.75, 3.05) is 64.9 Å². The average molecular weight is 817 g/mol. The fourth-order valence-corrected chi connectivity index (χ4v) is 8.07. The van der Waals surface area contributed by atoms with Crippen LogP contribution in [0, 0.1) is 33.1 Å². The summed E-state index contributed by atoms with van der Waals surface area (Å²) in [5, 5.41) is 32.1. The molecule has 1 aliphatic rings. The van der Waals surface area contributed by atoms with Crippen molar-refractivity contribution in [1.82, 2.24) is 24.6 Å². The van der Waals surface area contributed by atoms with E-state index in [1.54, 1.807) is 12.1 Å². The standard InChI is InChI=1S/C43H51Cl2N7O5/c1-26-22-31(23-27(2)40(26)45)57-19-6-8-32-33-11-12-35(44)39(38-28(3)48-49-29(38)4)41(33)52(37(32)25-53)15-7-14-50(5)42(46)34-10-9-30(43(54)55)24-36(34)47-13-16-51-17-20-56-21-18-51/h9-12,22-25,46-47H,6-8,13-21H2,1-5H3,(H,48,49)(H,54,55). The van der Waals surface area contributed by atoms with Crippen LogP contribution >= 0.6 is 23.2 Å². The zero-order chi connectivity index (χ0) is 40.8. The molecule has 3 heterocycles. The first-order chi connectivity index (χ1) is 27.4. The number of aromatic carboxylic acids is 1. The van der Waals surface area contributed by atoms with E-state index in [0.29, 0.717) is 80.7 Å². The second-order valence-electron chi connectivity index (χ2n) is 14.7. The van der Waals surface area contributed by atoms with E-state index in [1.165, 1.54) is 6.07 Å². The molecule has 57 heavy (non-hydrogen) atoms. The Morgan fingerprint density at radius 1 is 1.05 bits per heavy atom. The summed E-state index contributed by atoms with van der Waals surface area (Å²) >= 11 is 13.4. The quantitative estimate of drug-likeness (QED) is 0.0316. The number of morpholine rings is 1. The number of H-pyrrole nitrogens is 1. The number of carbonyl (C=O) groups is 2. The molecule has 0 atom stereocenters. The van der Waals surface area contributed by atoms with Crippen molar-refractivity contribution in [2.45, 2.75) is 53.5 Å². The van der Waals surface area contributed by atoms with E-state index < -0.39 is 5.97 Å². The van der Waals surface area contributed by atoms with Gasteiger partial charge in [0.1, 0.15) is 11.6 Å². The summed E-state index contributed by atoms with van der Waals surface area (Å²) in [7, 11) is 1.86. The number of aldehydes is 1. The number of hydrogen-bond donors (Lipinski definition) is 4. The summed E-state index contributed by atoms with van der Waals surface area (Å²) in [4.78, 5) is 29.1. The molecule has 0 bridgehead atoms. The third kappa shape index (κ3) is 9.31. The van der Waals surface area contributed by atoms with Crippen LogP contribution in [0.4, 0.5) is 5.69 Å². The molecule has 2 aromatic heterocycles. The maximum atomic E-state index is 13.1. The maximum Gasteiger partial charge on any atom is 0.335 e. The van der Waals surface area contributed by atoms with E-state index in [1.807, 2.05) is 63.9 Å². The van der Waals surface area contributed by atoms with Crippen LogP contribution in [0.25, 0.3) is 22.0 Å². The highest BCUT2D eigenvalue weighted by Gasteiger charge is 2.25. The molecule has 0 radical (unpaired) electrons. The number of carbonyl (C=O) groups excluding carboxylic acids is 1. The van der Waals surface area contributed by atoms with E-state index in [0.717, 1.165) is 86.8 Å². The summed E-state index contributed by atoms with van der Waals surface area (Å²) in [5.41, 5.74) is 9.06. The van der Waals surface area contributed by atoms with Crippen LogP contribution in [0.15, 0.2) is 42.5 Å². The Labute approximate surface area is 343 Å². The summed E-state index contributed by atoms with van der Waals surface area (Å²) < 4.78 is 13.7. The van der Waals surface area contributed by atoms with Gasteiger partial charge >= 0.3 is 5.97 Å². The molecule has 0 unspecified atom stereocenters. The zero-order valence-electron chi connectivity index (χ0n) is 33.2. The van der Waals surface area contributed by atoms with Gasteiger partial charge in [-0.2, -0.15) is 5.10 Å². The Bertz CT molecular complexity index is 2240. The molecule has 3 aromatic carbocycles. The first-order valence-electron chi connectivity index (χ1n) is 19.3. The van der Waals surface area contributed by atoms with Crippen molar-refractivity contribution in [3.63, 3.8) is 0 Å². The number of fused-ring (bicyclic) bond motifs is 1. The highest BCUT2D eigenvalue weighted by Crippen LogP contribution is 2.41. The van der Waals surface area contributed by atoms with E-state index in [9.17, 15) is 20.1 Å². The van der Waals surface area contributed by atoms with E-state index in [2.05, 4.69) is 25.0 Å². The first-order valence-corrected chi connectivity index (χ1v) is 20.1. The van der Waals surface area contributed by atoms with Gasteiger partial charge in [0.15, 0.2) is 6.29 Å². The topological polar surface area (TPSA) is 149 Å². The molecule has 4 N–H and O–H groups in total. The predicted octanol–water partition coefficient (Wildman–Crippen LogP) is 8.19. The number of nitrogens with one attached hydrogen (secondary N) is 3. The highest BCUT2D eigenvalue weighted by atomic mass is 35.5. The predicted molar refractivity (Wildman–Crippen MR) is 227 cm³/mol. The van der Waals surface area contributed by atoms with E-state index >= 15 is 0 Å². The Balaban J connectivity index is 1.24. The van der Waals surface area contributed by atoms with Gasteiger partial charge in [-0.05, 0) is 100 Å². The first kappa shape index (κ1) is 41.7. The molecule has 0 spiro atoms. The van der Waals surface area contributed by atoms with Crippen LogP contribution in [-0.4, -0.2) is 107 Å². The van der Waals surface area contributed by atoms with Gasteiger partial charge in [0, 0.05) is 84.8 Å². The molecule has 14 heteroatoms. The number of aryl methyl sites for hydroxylation is 6. The van der Waals surface area contributed by atoms with Crippen molar-refractivity contribution < 1.29 is 24.2 Å². The van der Waals surface area contributed by atoms with Gasteiger partial charge in [0.2, 0.25) is 0 Å². The van der Waals surface area contributed by atoms with Crippen molar-refractivity contribution in [3.05, 3.63) is 97.4 Å². The number of hydrogen-bond acceptors (Lipinski definition) is 8. The van der Waals surface area contributed by atoms with Gasteiger partial charge in [-0.3, -0.25) is 20.2 Å². The monoisotopic (exact) mass is 815 g/mol. The lowest BCUT2D eigenvalue weighted by atomic mass is 9.98. The van der Waals surface area contributed by atoms with Crippen LogP contribution < -0.4 is 10.1 Å². The molecular formula is C43H51Cl2N7O5. The van der Waals surface area contributed by atoms with Crippen LogP contribution in [0.2, 0.25) is 10.0 Å². The lowest BCUT2D eigenvalue weighted by Crippen LogP contribution is -2.39. The molecule has 6 rings (SSSR count). The number of aromatic amines is 1. The van der Waals surface area contributed by atoms with E-state index in [-0.39, 0.29) is 11.4 Å². The summed E-state index contributed by atoms with van der Waals surface area (Å²) in [5.74, 6) is -0.00810. The van der Waals surface area contributed by atoms with Crippen molar-refractivity contribution >= 4 is 57.9 Å². The Morgan fingerprint density at radius 3 is 2.46 bits per heavy atom. The van der Waals surface area contributed by atoms with Crippen molar-refractivity contribution in [3.8, 4) is 16.9 Å². The number of halogens is 2. The highest BCUT2D eigenvalue weighted by molar-refractivity contribution is 6.35. The number of benzene rings is 3. The van der Waals surface area contributed by atoms with E-state index in [4.69, 9.17) is 32.7 Å². The lowest BCUT2D eigenvalue weighted by Gasteiger charge is -2.27. The second kappa shape index (κ2) is 18.6. The number of rotatable bonds is 17. The summed E-state index contributed by atoms with van der Waals surface area (Å²) in [6.07, 6.45) is 2.81. The second-order valence-corrected chi connectivity index (χ2v) is 15.4. The Morgan fingerprint density at radius 2 is 1.79 bits per heavy atom. The van der Waals surface area contributed by atoms with Crippen LogP contribution in [0.3, 0.4) is 0 Å². The number of nitrogens with zero attached hydrogens (tertiary/aromatic N) is 4. The van der Waals surface area contributed by atoms with Gasteiger partial charge < -0.3 is 29.4 Å². The Hall–Kier alpha value is -4.88. The van der Waals surface area contributed by atoms with Gasteiger partial charge in [-0.15, -0.1) is 0 Å². The zero-order valence-corrected chi connectivity index (χ0v) is 34.7. The molecule has 12 nitrogen and oxygen atoms in total. The summed E-state index contributed by atoms with van der Waals surface area (Å²) in [6.45, 7) is 13.7. The molecular weight excluding hydrogens is 765 g/mol. The van der Waals surface area contributed by atoms with Gasteiger partial charge in [0.05, 0.1) is 47.3 Å². The minimum Gasteiger partial charge on any atom is -0.494 e. The lowest BCUT2D eigenvalue weighted by molar-refractivity contribution is 0.0398. The smallest absolute Gasteiger partial charge is 0.335 e. The molecule has 1 aliphatic heterocycles. The minimum atomic E-state index is -1.03. The van der Waals surface area contributed by atoms with Crippen molar-refractivity contribution in [2.24, 2.45) is 0 Å². The molecule has 5 aromatic rings. The maximum absolute atomic E-state index is 13.1. The normalized spacial score (nSPS) is 13.2. The molecule has 0 amide bonds. The Kier molecular flexibility index (Phi) is 13.6. The number of ether oxygens (including phenoxy) is 2. The van der Waals surface area contributed by atoms with Gasteiger partial charge in [-0.25, -0.2) is 4.79 Å². The van der Waals surface area contributed by atoms with Gasteiger partial charge in [0.25, 0.3) is 0 Å². The van der Waals surface area contributed by atoms with Crippen molar-refractivity contribution in [1.29, 1.82) is 5.41 Å². The SMILES string of the molecule is Cc1cc(OCCCc2c(C=O)n(CCCN(C)C(=N)c3ccc(C(=O)O)cc3NCCN3CCOCC3)c3c(-c4c(C)n[nH]c4C)c(Cl)ccc23)cc(C)c1Cl. The number of carboxylic acid groups (broad SMARTS) is 1. The molecule has 1 saturated heterocycles. The van der Waals surface area contributed by atoms with Crippen LogP contribution in [0.5, 0.6) is 5.75 Å². The van der Waals surface area contributed by atoms with Crippen LogP contribution in [0.1, 0.15) is 67.3 Å². The van der Waals surface area contributed by atoms with Crippen LogP contribution in [-0.2, 0) is 17.7 Å². The largest absolute Gasteiger partial charge is 0.494 e. The fraction of sp³-hybridized carbons (Fsp3) is 0.395. The van der Waals surface area contributed by atoms with Gasteiger partial charge in [-0.1, -0.05) is 29.3 Å². The third-order valence-corrected chi connectivity index (χ3v) is 11.6. The third-order valence-electron chi connectivity index (χ3n) is 10.7. The summed E-state index contributed by atoms with van der Waals surface area (Å²) in [6, 6.07) is 12.6. The molecule has 1 fully saturated rings. The number of amidine groups is 1. The fourth-order valence-electron chi connectivity index (χ4n) is 7.71. The number of aromatic nitrogens is 3. The molecule has 0 aliphatic carbocycles. The minimum absolute atomic E-state index is 0.152. The number of anilines is 1. The molecule has 302 valence electrons. The number of carboxylic acids is 1. The molecule has 0 saturated carbocycles. The average Bonchev–Trinajstić information content (AvgIpc) is 3.69.